The minimum Gasteiger partial charge on any atom is -0.495 e. The number of aromatic nitrogens is 3. The van der Waals surface area contributed by atoms with E-state index in [2.05, 4.69) is 9.97 Å². The molecule has 0 radical (unpaired) electrons. The van der Waals surface area contributed by atoms with Crippen molar-refractivity contribution in [3.63, 3.8) is 0 Å². The standard InChI is InChI=1S/C24H25FN4O3/c1-15-12-28(14-27-15)20-6-5-18(9-21(20)31-4)10-22-24(30)29(13-16(2)32-22)17(3)19-7-8-26-23(25)11-19/h5-12,14,16-17H,13H2,1-4H3/t16?,17-/m0/s1. The second kappa shape index (κ2) is 8.82. The highest BCUT2D eigenvalue weighted by atomic mass is 19.1. The van der Waals surface area contributed by atoms with E-state index in [1.165, 1.54) is 12.3 Å². The molecule has 2 aromatic heterocycles. The summed E-state index contributed by atoms with van der Waals surface area (Å²) >= 11 is 0. The molecule has 4 rings (SSSR count). The molecule has 0 N–H and O–H groups in total. The first-order valence-electron chi connectivity index (χ1n) is 10.4. The summed E-state index contributed by atoms with van der Waals surface area (Å²) in [5, 5.41) is 0. The first-order chi connectivity index (χ1) is 15.4. The number of benzene rings is 1. The molecule has 1 amide bonds. The van der Waals surface area contributed by atoms with Crippen LogP contribution in [0.25, 0.3) is 11.8 Å². The Balaban J connectivity index is 1.63. The Labute approximate surface area is 186 Å². The van der Waals surface area contributed by atoms with Gasteiger partial charge in [-0.05, 0) is 62.2 Å². The summed E-state index contributed by atoms with van der Waals surface area (Å²) in [6, 6.07) is 8.39. The van der Waals surface area contributed by atoms with Crippen molar-refractivity contribution in [1.82, 2.24) is 19.4 Å². The highest BCUT2D eigenvalue weighted by molar-refractivity contribution is 5.96. The maximum absolute atomic E-state index is 13.6. The average molecular weight is 436 g/mol. The van der Waals surface area contributed by atoms with E-state index >= 15 is 0 Å². The Morgan fingerprint density at radius 2 is 2.09 bits per heavy atom. The number of nitrogens with zero attached hydrogens (tertiary/aromatic N) is 4. The van der Waals surface area contributed by atoms with Gasteiger partial charge in [0.2, 0.25) is 5.95 Å². The molecule has 1 fully saturated rings. The topological polar surface area (TPSA) is 69.5 Å². The van der Waals surface area contributed by atoms with Gasteiger partial charge in [0.05, 0.1) is 37.4 Å². The Bertz CT molecular complexity index is 1170. The molecule has 0 saturated carbocycles. The van der Waals surface area contributed by atoms with Crippen LogP contribution >= 0.6 is 0 Å². The van der Waals surface area contributed by atoms with E-state index in [-0.39, 0.29) is 23.8 Å². The monoisotopic (exact) mass is 436 g/mol. The van der Waals surface area contributed by atoms with Gasteiger partial charge in [0.1, 0.15) is 11.9 Å². The molecule has 0 aliphatic carbocycles. The summed E-state index contributed by atoms with van der Waals surface area (Å²) in [5.41, 5.74) is 3.19. The number of carbonyl (C=O) groups is 1. The largest absolute Gasteiger partial charge is 0.495 e. The van der Waals surface area contributed by atoms with E-state index in [1.807, 2.05) is 49.7 Å². The van der Waals surface area contributed by atoms with E-state index in [9.17, 15) is 9.18 Å². The van der Waals surface area contributed by atoms with Crippen molar-refractivity contribution >= 4 is 12.0 Å². The molecule has 1 aliphatic heterocycles. The fourth-order valence-corrected chi connectivity index (χ4v) is 3.79. The Hall–Kier alpha value is -3.68. The van der Waals surface area contributed by atoms with Crippen molar-refractivity contribution in [2.24, 2.45) is 0 Å². The average Bonchev–Trinajstić information content (AvgIpc) is 3.21. The summed E-state index contributed by atoms with van der Waals surface area (Å²) in [4.78, 5) is 22.7. The van der Waals surface area contributed by atoms with Crippen molar-refractivity contribution in [2.75, 3.05) is 13.7 Å². The van der Waals surface area contributed by atoms with Crippen molar-refractivity contribution in [3.05, 3.63) is 77.6 Å². The maximum Gasteiger partial charge on any atom is 0.289 e. The number of morpholine rings is 1. The number of ether oxygens (including phenoxy) is 2. The van der Waals surface area contributed by atoms with Gasteiger partial charge in [-0.15, -0.1) is 0 Å². The van der Waals surface area contributed by atoms with Crippen LogP contribution in [0.4, 0.5) is 4.39 Å². The number of hydrogen-bond acceptors (Lipinski definition) is 5. The molecule has 32 heavy (non-hydrogen) atoms. The van der Waals surface area contributed by atoms with Crippen LogP contribution in [0.15, 0.2) is 54.8 Å². The third-order valence-corrected chi connectivity index (χ3v) is 5.45. The number of hydrogen-bond donors (Lipinski definition) is 0. The van der Waals surface area contributed by atoms with Crippen LogP contribution in [-0.4, -0.2) is 45.1 Å². The number of rotatable bonds is 5. The second-order valence-corrected chi connectivity index (χ2v) is 7.84. The predicted octanol–water partition coefficient (Wildman–Crippen LogP) is 4.07. The van der Waals surface area contributed by atoms with Gasteiger partial charge >= 0.3 is 0 Å². The van der Waals surface area contributed by atoms with E-state index < -0.39 is 5.95 Å². The van der Waals surface area contributed by atoms with Crippen LogP contribution in [0.3, 0.4) is 0 Å². The summed E-state index contributed by atoms with van der Waals surface area (Å²) in [5.74, 6) is 0.0594. The van der Waals surface area contributed by atoms with Gasteiger partial charge in [0.25, 0.3) is 5.91 Å². The molecule has 2 atom stereocenters. The van der Waals surface area contributed by atoms with Gasteiger partial charge in [-0.1, -0.05) is 6.07 Å². The first kappa shape index (κ1) is 21.5. The van der Waals surface area contributed by atoms with E-state index in [0.717, 1.165) is 16.9 Å². The van der Waals surface area contributed by atoms with Gasteiger partial charge in [0.15, 0.2) is 5.76 Å². The van der Waals surface area contributed by atoms with Crippen LogP contribution in [0.1, 0.15) is 36.7 Å². The van der Waals surface area contributed by atoms with Gasteiger partial charge in [-0.25, -0.2) is 9.97 Å². The summed E-state index contributed by atoms with van der Waals surface area (Å²) in [7, 11) is 1.60. The third kappa shape index (κ3) is 4.34. The van der Waals surface area contributed by atoms with Crippen molar-refractivity contribution in [3.8, 4) is 11.4 Å². The van der Waals surface area contributed by atoms with Crippen molar-refractivity contribution in [1.29, 1.82) is 0 Å². The van der Waals surface area contributed by atoms with Crippen molar-refractivity contribution < 1.29 is 18.7 Å². The van der Waals surface area contributed by atoms with E-state index in [4.69, 9.17) is 9.47 Å². The van der Waals surface area contributed by atoms with Crippen LogP contribution in [0, 0.1) is 12.9 Å². The molecule has 166 valence electrons. The summed E-state index contributed by atoms with van der Waals surface area (Å²) in [6.45, 7) is 6.09. The molecular formula is C24H25FN4O3. The molecule has 0 bridgehead atoms. The zero-order valence-electron chi connectivity index (χ0n) is 18.4. The normalized spacial score (nSPS) is 18.5. The van der Waals surface area contributed by atoms with Gasteiger partial charge in [-0.3, -0.25) is 4.79 Å². The van der Waals surface area contributed by atoms with Crippen LogP contribution in [0.2, 0.25) is 0 Å². The molecule has 3 aromatic rings. The van der Waals surface area contributed by atoms with Crippen LogP contribution in [-0.2, 0) is 9.53 Å². The predicted molar refractivity (Wildman–Crippen MR) is 118 cm³/mol. The number of pyridine rings is 1. The molecule has 1 saturated heterocycles. The van der Waals surface area contributed by atoms with Crippen LogP contribution in [0.5, 0.6) is 5.75 Å². The van der Waals surface area contributed by atoms with Crippen LogP contribution < -0.4 is 4.74 Å². The first-order valence-corrected chi connectivity index (χ1v) is 10.4. The number of aryl methyl sites for hydroxylation is 1. The summed E-state index contributed by atoms with van der Waals surface area (Å²) < 4.78 is 26.9. The fourth-order valence-electron chi connectivity index (χ4n) is 3.79. The lowest BCUT2D eigenvalue weighted by Crippen LogP contribution is -2.45. The highest BCUT2D eigenvalue weighted by Crippen LogP contribution is 2.30. The van der Waals surface area contributed by atoms with Gasteiger partial charge < -0.3 is 18.9 Å². The van der Waals surface area contributed by atoms with E-state index in [1.54, 1.807) is 30.5 Å². The highest BCUT2D eigenvalue weighted by Gasteiger charge is 2.33. The smallest absolute Gasteiger partial charge is 0.289 e. The quantitative estimate of drug-likeness (QED) is 0.445. The molecule has 1 aliphatic rings. The number of carbonyl (C=O) groups excluding carboxylic acids is 1. The Kier molecular flexibility index (Phi) is 5.94. The SMILES string of the molecule is COc1cc(C=C2OC(C)CN([C@@H](C)c3ccnc(F)c3)C2=O)ccc1-n1cnc(C)c1. The molecule has 1 aromatic carbocycles. The molecule has 0 spiro atoms. The number of halogens is 1. The van der Waals surface area contributed by atoms with Gasteiger partial charge in [-0.2, -0.15) is 4.39 Å². The molecule has 1 unspecified atom stereocenters. The zero-order valence-corrected chi connectivity index (χ0v) is 18.4. The fraction of sp³-hybridized carbons (Fsp3) is 0.292. The summed E-state index contributed by atoms with van der Waals surface area (Å²) in [6.07, 6.45) is 6.54. The minimum atomic E-state index is -0.570. The number of imidazole rings is 1. The molecule has 8 heteroatoms. The van der Waals surface area contributed by atoms with Gasteiger partial charge in [0, 0.05) is 12.4 Å². The Morgan fingerprint density at radius 1 is 1.28 bits per heavy atom. The molecule has 7 nitrogen and oxygen atoms in total. The van der Waals surface area contributed by atoms with E-state index in [0.29, 0.717) is 17.9 Å². The number of amides is 1. The number of methoxy groups -OCH3 is 1. The zero-order chi connectivity index (χ0) is 22.8. The molecule has 3 heterocycles. The van der Waals surface area contributed by atoms with Crippen molar-refractivity contribution in [2.45, 2.75) is 32.9 Å². The lowest BCUT2D eigenvalue weighted by atomic mass is 10.1. The lowest BCUT2D eigenvalue weighted by Gasteiger charge is -2.37. The maximum atomic E-state index is 13.6. The molecular weight excluding hydrogens is 411 g/mol. The third-order valence-electron chi connectivity index (χ3n) is 5.45. The Morgan fingerprint density at radius 3 is 2.78 bits per heavy atom. The minimum absolute atomic E-state index is 0.205. The second-order valence-electron chi connectivity index (χ2n) is 7.84. The lowest BCUT2D eigenvalue weighted by molar-refractivity contribution is -0.141.